The molecule has 0 spiro atoms. The molecule has 0 atom stereocenters. The number of para-hydroxylation sites is 1. The van der Waals surface area contributed by atoms with E-state index >= 15 is 0 Å². The smallest absolute Gasteiger partial charge is 0.123 e. The van der Waals surface area contributed by atoms with Crippen molar-refractivity contribution in [2.75, 3.05) is 20.3 Å². The molecule has 0 fully saturated rings. The van der Waals surface area contributed by atoms with Crippen LogP contribution in [0.2, 0.25) is 0 Å². The van der Waals surface area contributed by atoms with E-state index in [1.807, 2.05) is 42.6 Å². The van der Waals surface area contributed by atoms with Crippen molar-refractivity contribution in [1.82, 2.24) is 15.1 Å². The zero-order valence-corrected chi connectivity index (χ0v) is 14.4. The second-order valence-corrected chi connectivity index (χ2v) is 5.88. The van der Waals surface area contributed by atoms with Crippen molar-refractivity contribution >= 4 is 0 Å². The molecule has 0 aliphatic heterocycles. The van der Waals surface area contributed by atoms with Crippen molar-refractivity contribution in [2.45, 2.75) is 13.1 Å². The second kappa shape index (κ2) is 8.46. The summed E-state index contributed by atoms with van der Waals surface area (Å²) in [5.74, 6) is 0.862. The first-order chi connectivity index (χ1) is 12.3. The average molecular weight is 337 g/mol. The van der Waals surface area contributed by atoms with Crippen LogP contribution in [0.15, 0.2) is 60.8 Å². The molecule has 0 saturated carbocycles. The van der Waals surface area contributed by atoms with Crippen LogP contribution in [0.1, 0.15) is 11.1 Å². The summed E-state index contributed by atoms with van der Waals surface area (Å²) in [6, 6.07) is 18.1. The third kappa shape index (κ3) is 4.26. The van der Waals surface area contributed by atoms with Gasteiger partial charge in [-0.25, -0.2) is 0 Å². The van der Waals surface area contributed by atoms with Gasteiger partial charge in [-0.05, 0) is 11.6 Å². The van der Waals surface area contributed by atoms with Crippen LogP contribution in [-0.2, 0) is 13.1 Å². The van der Waals surface area contributed by atoms with Crippen molar-refractivity contribution in [3.8, 4) is 17.0 Å². The lowest BCUT2D eigenvalue weighted by atomic mass is 10.1. The molecule has 0 unspecified atom stereocenters. The van der Waals surface area contributed by atoms with Gasteiger partial charge < -0.3 is 9.84 Å². The van der Waals surface area contributed by atoms with Gasteiger partial charge in [-0.3, -0.25) is 10.00 Å². The molecule has 2 N–H and O–H groups in total. The topological polar surface area (TPSA) is 61.4 Å². The molecule has 3 aromatic rings. The van der Waals surface area contributed by atoms with Gasteiger partial charge in [-0.2, -0.15) is 5.10 Å². The summed E-state index contributed by atoms with van der Waals surface area (Å²) < 4.78 is 5.44. The fourth-order valence-electron chi connectivity index (χ4n) is 2.96. The lowest BCUT2D eigenvalue weighted by Crippen LogP contribution is -2.26. The molecule has 0 aliphatic rings. The van der Waals surface area contributed by atoms with Gasteiger partial charge in [-0.1, -0.05) is 48.5 Å². The van der Waals surface area contributed by atoms with Gasteiger partial charge in [0.05, 0.1) is 25.6 Å². The summed E-state index contributed by atoms with van der Waals surface area (Å²) in [5, 5.41) is 16.8. The van der Waals surface area contributed by atoms with Crippen molar-refractivity contribution in [3.05, 3.63) is 71.9 Å². The average Bonchev–Trinajstić information content (AvgIpc) is 3.11. The number of methoxy groups -OCH3 is 1. The highest BCUT2D eigenvalue weighted by atomic mass is 16.5. The predicted molar refractivity (Wildman–Crippen MR) is 98.2 cm³/mol. The first-order valence-electron chi connectivity index (χ1n) is 8.34. The zero-order chi connectivity index (χ0) is 17.5. The van der Waals surface area contributed by atoms with E-state index in [0.717, 1.165) is 28.1 Å². The summed E-state index contributed by atoms with van der Waals surface area (Å²) in [5.41, 5.74) is 4.33. The number of H-pyrrole nitrogens is 1. The van der Waals surface area contributed by atoms with Crippen LogP contribution in [0.3, 0.4) is 0 Å². The van der Waals surface area contributed by atoms with Crippen molar-refractivity contribution in [3.63, 3.8) is 0 Å². The van der Waals surface area contributed by atoms with Gasteiger partial charge in [0, 0.05) is 30.8 Å². The molecule has 0 amide bonds. The maximum absolute atomic E-state index is 9.46. The van der Waals surface area contributed by atoms with E-state index in [1.54, 1.807) is 7.11 Å². The van der Waals surface area contributed by atoms with Gasteiger partial charge in [0.25, 0.3) is 0 Å². The molecular formula is C20H23N3O2. The number of nitrogens with zero attached hydrogens (tertiary/aromatic N) is 2. The number of nitrogens with one attached hydrogen (secondary N) is 1. The fourth-order valence-corrected chi connectivity index (χ4v) is 2.96. The van der Waals surface area contributed by atoms with E-state index in [9.17, 15) is 5.11 Å². The summed E-state index contributed by atoms with van der Waals surface area (Å²) in [4.78, 5) is 2.19. The lowest BCUT2D eigenvalue weighted by molar-refractivity contribution is 0.183. The third-order valence-electron chi connectivity index (χ3n) is 4.18. The minimum absolute atomic E-state index is 0.105. The Hall–Kier alpha value is -2.63. The standard InChI is InChI=1S/C20H23N3O2/c1-25-19-10-6-5-9-17(19)14-23(11-12-24)15-18-13-21-22-20(18)16-7-3-2-4-8-16/h2-10,13,24H,11-12,14-15H2,1H3,(H,21,22). The normalized spacial score (nSPS) is 11.0. The van der Waals surface area contributed by atoms with E-state index in [2.05, 4.69) is 33.3 Å². The number of aliphatic hydroxyl groups excluding tert-OH is 1. The molecule has 0 bridgehead atoms. The summed E-state index contributed by atoms with van der Waals surface area (Å²) >= 11 is 0. The number of aromatic nitrogens is 2. The third-order valence-corrected chi connectivity index (χ3v) is 4.18. The fraction of sp³-hybridized carbons (Fsp3) is 0.250. The van der Waals surface area contributed by atoms with Crippen LogP contribution in [0.5, 0.6) is 5.75 Å². The van der Waals surface area contributed by atoms with Gasteiger partial charge >= 0.3 is 0 Å². The number of hydrogen-bond donors (Lipinski definition) is 2. The molecule has 5 heteroatoms. The maximum atomic E-state index is 9.46. The molecule has 1 heterocycles. The highest BCUT2D eigenvalue weighted by Gasteiger charge is 2.14. The number of hydrogen-bond acceptors (Lipinski definition) is 4. The first kappa shape index (κ1) is 17.2. The Morgan fingerprint density at radius 3 is 2.48 bits per heavy atom. The molecule has 5 nitrogen and oxygen atoms in total. The highest BCUT2D eigenvalue weighted by Crippen LogP contribution is 2.24. The Labute approximate surface area is 147 Å². The van der Waals surface area contributed by atoms with Crippen LogP contribution in [0.4, 0.5) is 0 Å². The lowest BCUT2D eigenvalue weighted by Gasteiger charge is -2.22. The number of rotatable bonds is 8. The predicted octanol–water partition coefficient (Wildman–Crippen LogP) is 3.08. The molecule has 3 rings (SSSR count). The molecular weight excluding hydrogens is 314 g/mol. The van der Waals surface area contributed by atoms with Gasteiger partial charge in [0.15, 0.2) is 0 Å². The Morgan fingerprint density at radius 1 is 1.00 bits per heavy atom. The maximum Gasteiger partial charge on any atom is 0.123 e. The SMILES string of the molecule is COc1ccccc1CN(CCO)Cc1cn[nH]c1-c1ccccc1. The van der Waals surface area contributed by atoms with Crippen LogP contribution in [-0.4, -0.2) is 40.5 Å². The number of aromatic amines is 1. The largest absolute Gasteiger partial charge is 0.496 e. The minimum atomic E-state index is 0.105. The Kier molecular flexibility index (Phi) is 5.82. The summed E-state index contributed by atoms with van der Waals surface area (Å²) in [6.45, 7) is 2.08. The van der Waals surface area contributed by atoms with Crippen LogP contribution in [0, 0.1) is 0 Å². The van der Waals surface area contributed by atoms with E-state index in [4.69, 9.17) is 4.74 Å². The molecule has 1 aromatic heterocycles. The van der Waals surface area contributed by atoms with E-state index in [0.29, 0.717) is 19.6 Å². The Morgan fingerprint density at radius 2 is 1.72 bits per heavy atom. The zero-order valence-electron chi connectivity index (χ0n) is 14.4. The molecule has 0 saturated heterocycles. The summed E-state index contributed by atoms with van der Waals surface area (Å²) in [7, 11) is 1.68. The monoisotopic (exact) mass is 337 g/mol. The molecule has 0 radical (unpaired) electrons. The number of aliphatic hydroxyl groups is 1. The van der Waals surface area contributed by atoms with Gasteiger partial charge in [-0.15, -0.1) is 0 Å². The minimum Gasteiger partial charge on any atom is -0.496 e. The van der Waals surface area contributed by atoms with Crippen molar-refractivity contribution in [1.29, 1.82) is 0 Å². The number of ether oxygens (including phenoxy) is 1. The second-order valence-electron chi connectivity index (χ2n) is 5.88. The highest BCUT2D eigenvalue weighted by molar-refractivity contribution is 5.62. The van der Waals surface area contributed by atoms with E-state index in [1.165, 1.54) is 0 Å². The van der Waals surface area contributed by atoms with E-state index < -0.39 is 0 Å². The molecule has 2 aromatic carbocycles. The van der Waals surface area contributed by atoms with Crippen molar-refractivity contribution < 1.29 is 9.84 Å². The van der Waals surface area contributed by atoms with Crippen LogP contribution >= 0.6 is 0 Å². The summed E-state index contributed by atoms with van der Waals surface area (Å²) in [6.07, 6.45) is 1.86. The van der Waals surface area contributed by atoms with Crippen LogP contribution in [0.25, 0.3) is 11.3 Å². The molecule has 130 valence electrons. The Bertz CT molecular complexity index is 786. The van der Waals surface area contributed by atoms with Gasteiger partial charge in [0.2, 0.25) is 0 Å². The quantitative estimate of drug-likeness (QED) is 0.663. The first-order valence-corrected chi connectivity index (χ1v) is 8.34. The van der Waals surface area contributed by atoms with Gasteiger partial charge in [0.1, 0.15) is 5.75 Å². The van der Waals surface area contributed by atoms with Crippen LogP contribution < -0.4 is 4.74 Å². The molecule has 0 aliphatic carbocycles. The van der Waals surface area contributed by atoms with E-state index in [-0.39, 0.29) is 6.61 Å². The van der Waals surface area contributed by atoms with Crippen molar-refractivity contribution in [2.24, 2.45) is 0 Å². The number of benzene rings is 2. The molecule has 25 heavy (non-hydrogen) atoms. The Balaban J connectivity index is 1.80.